The Morgan fingerprint density at radius 1 is 1.11 bits per heavy atom. The summed E-state index contributed by atoms with van der Waals surface area (Å²) < 4.78 is 0. The minimum absolute atomic E-state index is 0.134. The molecule has 0 aliphatic rings. The van der Waals surface area contributed by atoms with E-state index in [1.807, 2.05) is 19.9 Å². The van der Waals surface area contributed by atoms with E-state index in [0.717, 1.165) is 35.4 Å². The van der Waals surface area contributed by atoms with Crippen LogP contribution >= 0.6 is 0 Å². The van der Waals surface area contributed by atoms with Crippen LogP contribution in [0.25, 0.3) is 0 Å². The Labute approximate surface area is 114 Å². The van der Waals surface area contributed by atoms with Crippen molar-refractivity contribution in [1.29, 1.82) is 0 Å². The maximum atomic E-state index is 6.34. The minimum atomic E-state index is -0.134. The third-order valence-electron chi connectivity index (χ3n) is 3.35. The van der Waals surface area contributed by atoms with E-state index >= 15 is 0 Å². The highest BCUT2D eigenvalue weighted by Crippen LogP contribution is 2.22. The van der Waals surface area contributed by atoms with Gasteiger partial charge in [-0.1, -0.05) is 37.6 Å². The second-order valence-electron chi connectivity index (χ2n) is 5.00. The average Bonchev–Trinajstić information content (AvgIpc) is 2.42. The largest absolute Gasteiger partial charge is 0.320 e. The molecule has 1 atom stereocenters. The molecular formula is C16H21N3. The smallest absolute Gasteiger partial charge is 0.0651 e. The second-order valence-corrected chi connectivity index (χ2v) is 5.00. The molecular weight excluding hydrogens is 234 g/mol. The molecule has 2 rings (SSSR count). The summed E-state index contributed by atoms with van der Waals surface area (Å²) in [5, 5.41) is 8.19. The molecule has 0 saturated heterocycles. The molecule has 3 nitrogen and oxygen atoms in total. The van der Waals surface area contributed by atoms with Gasteiger partial charge in [-0.05, 0) is 43.0 Å². The van der Waals surface area contributed by atoms with Crippen LogP contribution in [-0.4, -0.2) is 10.2 Å². The first-order chi connectivity index (χ1) is 9.11. The van der Waals surface area contributed by atoms with Crippen molar-refractivity contribution >= 4 is 0 Å². The number of nitrogens with two attached hydrogens (primary N) is 1. The van der Waals surface area contributed by atoms with Gasteiger partial charge in [0.15, 0.2) is 0 Å². The first-order valence-corrected chi connectivity index (χ1v) is 6.77. The SMILES string of the molecule is CCCc1ccc(C(N)c2cc(C)nnc2C)cc1. The quantitative estimate of drug-likeness (QED) is 0.913. The van der Waals surface area contributed by atoms with Crippen molar-refractivity contribution in [2.24, 2.45) is 5.73 Å². The summed E-state index contributed by atoms with van der Waals surface area (Å²) in [5.41, 5.74) is 11.7. The molecule has 0 amide bonds. The zero-order valence-electron chi connectivity index (χ0n) is 11.9. The number of hydrogen-bond donors (Lipinski definition) is 1. The Morgan fingerprint density at radius 3 is 2.42 bits per heavy atom. The molecule has 0 aliphatic carbocycles. The molecule has 0 radical (unpaired) electrons. The fraction of sp³-hybridized carbons (Fsp3) is 0.375. The van der Waals surface area contributed by atoms with E-state index in [4.69, 9.17) is 5.73 Å². The van der Waals surface area contributed by atoms with Crippen LogP contribution in [0.2, 0.25) is 0 Å². The van der Waals surface area contributed by atoms with Gasteiger partial charge in [0.25, 0.3) is 0 Å². The van der Waals surface area contributed by atoms with E-state index in [0.29, 0.717) is 0 Å². The molecule has 1 heterocycles. The number of nitrogens with zero attached hydrogens (tertiary/aromatic N) is 2. The topological polar surface area (TPSA) is 51.8 Å². The van der Waals surface area contributed by atoms with Gasteiger partial charge in [-0.2, -0.15) is 10.2 Å². The normalized spacial score (nSPS) is 12.4. The van der Waals surface area contributed by atoms with Crippen molar-refractivity contribution in [2.45, 2.75) is 39.7 Å². The monoisotopic (exact) mass is 255 g/mol. The van der Waals surface area contributed by atoms with Crippen molar-refractivity contribution < 1.29 is 0 Å². The maximum absolute atomic E-state index is 6.34. The van der Waals surface area contributed by atoms with Crippen LogP contribution in [0.15, 0.2) is 30.3 Å². The van der Waals surface area contributed by atoms with Crippen molar-refractivity contribution in [3.8, 4) is 0 Å². The van der Waals surface area contributed by atoms with Gasteiger partial charge < -0.3 is 5.73 Å². The summed E-state index contributed by atoms with van der Waals surface area (Å²) in [4.78, 5) is 0. The fourth-order valence-corrected chi connectivity index (χ4v) is 2.24. The molecule has 100 valence electrons. The van der Waals surface area contributed by atoms with Gasteiger partial charge in [0, 0.05) is 0 Å². The van der Waals surface area contributed by atoms with Crippen LogP contribution in [0, 0.1) is 13.8 Å². The molecule has 2 aromatic rings. The highest BCUT2D eigenvalue weighted by molar-refractivity contribution is 5.35. The Morgan fingerprint density at radius 2 is 1.79 bits per heavy atom. The summed E-state index contributed by atoms with van der Waals surface area (Å²) in [7, 11) is 0. The summed E-state index contributed by atoms with van der Waals surface area (Å²) >= 11 is 0. The predicted octanol–water partition coefficient (Wildman–Crippen LogP) is 3.09. The first-order valence-electron chi connectivity index (χ1n) is 6.77. The molecule has 0 saturated carbocycles. The third-order valence-corrected chi connectivity index (χ3v) is 3.35. The third kappa shape index (κ3) is 3.18. The maximum Gasteiger partial charge on any atom is 0.0651 e. The van der Waals surface area contributed by atoms with Gasteiger partial charge in [-0.15, -0.1) is 0 Å². The standard InChI is InChI=1S/C16H21N3/c1-4-5-13-6-8-14(9-7-13)16(17)15-10-11(2)18-19-12(15)3/h6-10,16H,4-5,17H2,1-3H3. The van der Waals surface area contributed by atoms with Crippen LogP contribution in [0.3, 0.4) is 0 Å². The molecule has 2 N–H and O–H groups in total. The molecule has 0 spiro atoms. The summed E-state index contributed by atoms with van der Waals surface area (Å²) in [5.74, 6) is 0. The van der Waals surface area contributed by atoms with Crippen molar-refractivity contribution in [1.82, 2.24) is 10.2 Å². The molecule has 3 heteroatoms. The van der Waals surface area contributed by atoms with Crippen molar-refractivity contribution in [2.75, 3.05) is 0 Å². The lowest BCUT2D eigenvalue weighted by atomic mass is 9.97. The Balaban J connectivity index is 2.27. The second kappa shape index (κ2) is 5.93. The van der Waals surface area contributed by atoms with Crippen LogP contribution in [0.5, 0.6) is 0 Å². The molecule has 0 bridgehead atoms. The minimum Gasteiger partial charge on any atom is -0.320 e. The van der Waals surface area contributed by atoms with E-state index < -0.39 is 0 Å². The van der Waals surface area contributed by atoms with Crippen molar-refractivity contribution in [3.63, 3.8) is 0 Å². The fourth-order valence-electron chi connectivity index (χ4n) is 2.24. The number of hydrogen-bond acceptors (Lipinski definition) is 3. The number of aryl methyl sites for hydroxylation is 3. The van der Waals surface area contributed by atoms with Crippen LogP contribution in [-0.2, 0) is 6.42 Å². The molecule has 1 aromatic heterocycles. The molecule has 0 fully saturated rings. The Bertz CT molecular complexity index is 546. The lowest BCUT2D eigenvalue weighted by Gasteiger charge is -2.15. The van der Waals surface area contributed by atoms with E-state index in [1.54, 1.807) is 0 Å². The molecule has 0 aliphatic heterocycles. The lowest BCUT2D eigenvalue weighted by molar-refractivity contribution is 0.812. The average molecular weight is 255 g/mol. The van der Waals surface area contributed by atoms with E-state index in [1.165, 1.54) is 5.56 Å². The first kappa shape index (κ1) is 13.7. The van der Waals surface area contributed by atoms with Crippen molar-refractivity contribution in [3.05, 3.63) is 58.4 Å². The van der Waals surface area contributed by atoms with Gasteiger partial charge in [0.1, 0.15) is 0 Å². The van der Waals surface area contributed by atoms with Gasteiger partial charge in [0.05, 0.1) is 17.4 Å². The van der Waals surface area contributed by atoms with E-state index in [2.05, 4.69) is 41.4 Å². The summed E-state index contributed by atoms with van der Waals surface area (Å²) in [6.45, 7) is 6.08. The zero-order chi connectivity index (χ0) is 13.8. The zero-order valence-corrected chi connectivity index (χ0v) is 11.9. The van der Waals surface area contributed by atoms with Gasteiger partial charge in [-0.3, -0.25) is 0 Å². The summed E-state index contributed by atoms with van der Waals surface area (Å²) in [6.07, 6.45) is 2.28. The molecule has 1 unspecified atom stereocenters. The van der Waals surface area contributed by atoms with Crippen LogP contribution < -0.4 is 5.73 Å². The lowest BCUT2D eigenvalue weighted by Crippen LogP contribution is -2.15. The number of aromatic nitrogens is 2. The van der Waals surface area contributed by atoms with E-state index in [9.17, 15) is 0 Å². The number of rotatable bonds is 4. The highest BCUT2D eigenvalue weighted by Gasteiger charge is 2.13. The van der Waals surface area contributed by atoms with Crippen LogP contribution in [0.4, 0.5) is 0 Å². The Hall–Kier alpha value is -1.74. The molecule has 19 heavy (non-hydrogen) atoms. The Kier molecular flexibility index (Phi) is 4.27. The van der Waals surface area contributed by atoms with E-state index in [-0.39, 0.29) is 6.04 Å². The number of benzene rings is 1. The van der Waals surface area contributed by atoms with Gasteiger partial charge in [0.2, 0.25) is 0 Å². The molecule has 1 aromatic carbocycles. The van der Waals surface area contributed by atoms with Gasteiger partial charge >= 0.3 is 0 Å². The highest BCUT2D eigenvalue weighted by atomic mass is 15.1. The van der Waals surface area contributed by atoms with Crippen LogP contribution in [0.1, 0.15) is 47.5 Å². The van der Waals surface area contributed by atoms with Gasteiger partial charge in [-0.25, -0.2) is 0 Å². The predicted molar refractivity (Wildman–Crippen MR) is 78.0 cm³/mol. The summed E-state index contributed by atoms with van der Waals surface area (Å²) in [6, 6.07) is 10.4.